The van der Waals surface area contributed by atoms with Crippen molar-refractivity contribution in [1.29, 1.82) is 0 Å². The number of carbonyl (C=O) groups excluding carboxylic acids is 1. The number of rotatable bonds is 5. The van der Waals surface area contributed by atoms with Crippen molar-refractivity contribution in [2.45, 2.75) is 18.3 Å². The zero-order valence-electron chi connectivity index (χ0n) is 17.3. The molecule has 0 unspecified atom stereocenters. The Hall–Kier alpha value is -3.66. The van der Waals surface area contributed by atoms with E-state index >= 15 is 0 Å². The van der Waals surface area contributed by atoms with Gasteiger partial charge in [-0.05, 0) is 61.0 Å². The molecule has 1 N–H and O–H groups in total. The van der Waals surface area contributed by atoms with Crippen molar-refractivity contribution < 1.29 is 18.0 Å². The highest BCUT2D eigenvalue weighted by atomic mass is 32.2. The summed E-state index contributed by atoms with van der Waals surface area (Å²) in [5, 5.41) is 3.25. The fraction of sp³-hybridized carbons (Fsp3) is 0.130. The third kappa shape index (κ3) is 5.06. The Morgan fingerprint density at radius 2 is 1.82 bits per heavy atom. The minimum Gasteiger partial charge on any atom is -0.325 e. The van der Waals surface area contributed by atoms with Gasteiger partial charge in [0.15, 0.2) is 5.16 Å². The Kier molecular flexibility index (Phi) is 6.19. The molecule has 10 heteroatoms. The molecule has 0 radical (unpaired) electrons. The number of alkyl halides is 3. The van der Waals surface area contributed by atoms with Gasteiger partial charge < -0.3 is 5.32 Å². The van der Waals surface area contributed by atoms with E-state index in [2.05, 4.69) is 15.3 Å². The molecule has 0 aliphatic carbocycles. The predicted octanol–water partition coefficient (Wildman–Crippen LogP) is 4.84. The van der Waals surface area contributed by atoms with E-state index in [1.165, 1.54) is 16.7 Å². The first-order valence-electron chi connectivity index (χ1n) is 9.77. The molecular formula is C23H17F3N4O2S. The highest BCUT2D eigenvalue weighted by molar-refractivity contribution is 7.99. The zero-order chi connectivity index (χ0) is 23.6. The van der Waals surface area contributed by atoms with Crippen LogP contribution in [0.4, 0.5) is 18.9 Å². The molecule has 0 fully saturated rings. The Morgan fingerprint density at radius 1 is 1.09 bits per heavy atom. The van der Waals surface area contributed by atoms with Crippen molar-refractivity contribution >= 4 is 34.3 Å². The van der Waals surface area contributed by atoms with Crippen molar-refractivity contribution in [3.05, 3.63) is 88.3 Å². The van der Waals surface area contributed by atoms with Gasteiger partial charge in [0, 0.05) is 11.9 Å². The minimum atomic E-state index is -4.45. The van der Waals surface area contributed by atoms with Gasteiger partial charge in [-0.15, -0.1) is 0 Å². The summed E-state index contributed by atoms with van der Waals surface area (Å²) in [5.41, 5.74) is 0.500. The van der Waals surface area contributed by atoms with Crippen molar-refractivity contribution in [3.8, 4) is 5.82 Å². The van der Waals surface area contributed by atoms with Gasteiger partial charge >= 0.3 is 6.18 Å². The number of halogens is 3. The lowest BCUT2D eigenvalue weighted by molar-refractivity contribution is -0.137. The van der Waals surface area contributed by atoms with E-state index < -0.39 is 17.6 Å². The number of nitrogens with zero attached hydrogens (tertiary/aromatic N) is 3. The molecule has 33 heavy (non-hydrogen) atoms. The summed E-state index contributed by atoms with van der Waals surface area (Å²) >= 11 is 1.03. The quantitative estimate of drug-likeness (QED) is 0.334. The highest BCUT2D eigenvalue weighted by Gasteiger charge is 2.30. The molecule has 168 valence electrons. The summed E-state index contributed by atoms with van der Waals surface area (Å²) in [6, 6.07) is 14.6. The maximum atomic E-state index is 13.2. The number of anilines is 1. The van der Waals surface area contributed by atoms with Crippen LogP contribution in [0, 0.1) is 6.92 Å². The van der Waals surface area contributed by atoms with Gasteiger partial charge in [0.1, 0.15) is 5.82 Å². The normalized spacial score (nSPS) is 11.5. The monoisotopic (exact) mass is 470 g/mol. The molecule has 0 bridgehead atoms. The van der Waals surface area contributed by atoms with Crippen LogP contribution in [0.15, 0.2) is 76.8 Å². The first-order chi connectivity index (χ1) is 15.7. The highest BCUT2D eigenvalue weighted by Crippen LogP contribution is 2.30. The molecule has 2 heterocycles. The molecule has 2 aromatic carbocycles. The van der Waals surface area contributed by atoms with Crippen LogP contribution < -0.4 is 10.9 Å². The summed E-state index contributed by atoms with van der Waals surface area (Å²) in [7, 11) is 0. The number of para-hydroxylation sites is 1. The molecule has 0 aliphatic rings. The lowest BCUT2D eigenvalue weighted by Crippen LogP contribution is -2.23. The lowest BCUT2D eigenvalue weighted by Gasteiger charge is -2.13. The third-order valence-corrected chi connectivity index (χ3v) is 5.64. The second kappa shape index (κ2) is 9.07. The second-order valence-electron chi connectivity index (χ2n) is 7.16. The summed E-state index contributed by atoms with van der Waals surface area (Å²) < 4.78 is 39.5. The molecule has 0 spiro atoms. The van der Waals surface area contributed by atoms with Crippen molar-refractivity contribution in [2.75, 3.05) is 11.1 Å². The number of hydrogen-bond donors (Lipinski definition) is 1. The third-order valence-electron chi connectivity index (χ3n) is 4.70. The first kappa shape index (κ1) is 22.5. The fourth-order valence-corrected chi connectivity index (χ4v) is 3.92. The largest absolute Gasteiger partial charge is 0.416 e. The number of fused-ring (bicyclic) bond motifs is 1. The fourth-order valence-electron chi connectivity index (χ4n) is 3.12. The van der Waals surface area contributed by atoms with Crippen LogP contribution >= 0.6 is 11.8 Å². The number of aromatic nitrogens is 3. The Bertz CT molecular complexity index is 1390. The number of aryl methyl sites for hydroxylation is 1. The maximum absolute atomic E-state index is 13.2. The number of thioether (sulfide) groups is 1. The van der Waals surface area contributed by atoms with Gasteiger partial charge in [-0.2, -0.15) is 13.2 Å². The number of nitrogens with one attached hydrogen (secondary N) is 1. The Morgan fingerprint density at radius 3 is 2.52 bits per heavy atom. The Labute approximate surface area is 190 Å². The molecule has 0 saturated heterocycles. The average Bonchev–Trinajstić information content (AvgIpc) is 2.77. The average molecular weight is 470 g/mol. The van der Waals surface area contributed by atoms with Gasteiger partial charge in [-0.3, -0.25) is 9.59 Å². The molecule has 1 amide bonds. The topological polar surface area (TPSA) is 76.9 Å². The van der Waals surface area contributed by atoms with Crippen molar-refractivity contribution in [1.82, 2.24) is 14.5 Å². The number of pyridine rings is 1. The van der Waals surface area contributed by atoms with Gasteiger partial charge in [-0.25, -0.2) is 14.5 Å². The molecule has 4 rings (SSSR count). The summed E-state index contributed by atoms with van der Waals surface area (Å²) in [6.07, 6.45) is -2.87. The van der Waals surface area contributed by atoms with Crippen molar-refractivity contribution in [3.63, 3.8) is 0 Å². The first-order valence-corrected chi connectivity index (χ1v) is 10.8. The van der Waals surface area contributed by atoms with E-state index in [-0.39, 0.29) is 22.2 Å². The number of hydrogen-bond acceptors (Lipinski definition) is 5. The van der Waals surface area contributed by atoms with E-state index in [0.29, 0.717) is 16.7 Å². The lowest BCUT2D eigenvalue weighted by atomic mass is 10.2. The standard InChI is InChI=1S/C23H17F3N4O2S/c1-14-10-11-27-19(12-14)30-21(32)17-4-2-3-5-18(17)29-22(30)33-13-20(31)28-16-8-6-15(7-9-16)23(24,25)26/h2-12H,13H2,1H3,(H,28,31). The zero-order valence-corrected chi connectivity index (χ0v) is 18.1. The second-order valence-corrected chi connectivity index (χ2v) is 8.10. The van der Waals surface area contributed by atoms with Crippen LogP contribution in [0.5, 0.6) is 0 Å². The van der Waals surface area contributed by atoms with E-state index in [1.54, 1.807) is 42.6 Å². The number of carbonyl (C=O) groups is 1. The number of benzene rings is 2. The van der Waals surface area contributed by atoms with Gasteiger partial charge in [0.2, 0.25) is 5.91 Å². The minimum absolute atomic E-state index is 0.113. The molecule has 4 aromatic rings. The molecule has 0 aliphatic heterocycles. The van der Waals surface area contributed by atoms with E-state index in [4.69, 9.17) is 0 Å². The van der Waals surface area contributed by atoms with E-state index in [0.717, 1.165) is 29.5 Å². The van der Waals surface area contributed by atoms with E-state index in [1.807, 2.05) is 6.92 Å². The SMILES string of the molecule is Cc1ccnc(-n2c(SCC(=O)Nc3ccc(C(F)(F)F)cc3)nc3ccccc3c2=O)c1. The molecule has 2 aromatic heterocycles. The maximum Gasteiger partial charge on any atom is 0.416 e. The van der Waals surface area contributed by atoms with Crippen molar-refractivity contribution in [2.24, 2.45) is 0 Å². The summed E-state index contributed by atoms with van der Waals surface area (Å²) in [6.45, 7) is 1.87. The van der Waals surface area contributed by atoms with Gasteiger partial charge in [-0.1, -0.05) is 23.9 Å². The van der Waals surface area contributed by atoms with Crippen LogP contribution in [0.25, 0.3) is 16.7 Å². The van der Waals surface area contributed by atoms with Crippen LogP contribution in [-0.4, -0.2) is 26.2 Å². The van der Waals surface area contributed by atoms with Crippen LogP contribution in [-0.2, 0) is 11.0 Å². The summed E-state index contributed by atoms with van der Waals surface area (Å²) in [4.78, 5) is 34.4. The molecular weight excluding hydrogens is 453 g/mol. The summed E-state index contributed by atoms with van der Waals surface area (Å²) in [5.74, 6) is -0.188. The predicted molar refractivity (Wildman–Crippen MR) is 121 cm³/mol. The molecule has 6 nitrogen and oxygen atoms in total. The Balaban J connectivity index is 1.60. The molecule has 0 atom stereocenters. The van der Waals surface area contributed by atoms with Gasteiger partial charge in [0.25, 0.3) is 5.56 Å². The number of amides is 1. The van der Waals surface area contributed by atoms with E-state index in [9.17, 15) is 22.8 Å². The van der Waals surface area contributed by atoms with Crippen LogP contribution in [0.3, 0.4) is 0 Å². The smallest absolute Gasteiger partial charge is 0.325 e. The van der Waals surface area contributed by atoms with Crippen LogP contribution in [0.2, 0.25) is 0 Å². The van der Waals surface area contributed by atoms with Gasteiger partial charge in [0.05, 0.1) is 22.2 Å². The van der Waals surface area contributed by atoms with Crippen LogP contribution in [0.1, 0.15) is 11.1 Å². The molecule has 0 saturated carbocycles.